The van der Waals surface area contributed by atoms with Crippen molar-refractivity contribution in [3.05, 3.63) is 71.9 Å². The zero-order valence-corrected chi connectivity index (χ0v) is 17.0. The molecule has 0 amide bonds. The summed E-state index contributed by atoms with van der Waals surface area (Å²) in [5.74, 6) is 0.442. The topological polar surface area (TPSA) is 38.9 Å². The van der Waals surface area contributed by atoms with E-state index >= 15 is 0 Å². The second-order valence-corrected chi connectivity index (χ2v) is 8.60. The van der Waals surface area contributed by atoms with E-state index in [9.17, 15) is 0 Å². The smallest absolute Gasteiger partial charge is 0.143 e. The van der Waals surface area contributed by atoms with Crippen LogP contribution in [0.2, 0.25) is 0 Å². The van der Waals surface area contributed by atoms with Crippen molar-refractivity contribution in [2.45, 2.75) is 19.8 Å². The van der Waals surface area contributed by atoms with Crippen LogP contribution in [-0.2, 0) is 0 Å². The molecule has 3 heterocycles. The number of rotatable bonds is 2. The van der Waals surface area contributed by atoms with Gasteiger partial charge in [0.05, 0.1) is 15.9 Å². The third-order valence-electron chi connectivity index (χ3n) is 5.64. The summed E-state index contributed by atoms with van der Waals surface area (Å²) in [5.41, 5.74) is 6.21. The van der Waals surface area contributed by atoms with Gasteiger partial charge < -0.3 is 4.42 Å². The molecule has 0 atom stereocenters. The molecular weight excluding hydrogens is 376 g/mol. The molecule has 6 rings (SSSR count). The molecule has 29 heavy (non-hydrogen) atoms. The Kier molecular flexibility index (Phi) is 3.53. The molecule has 4 heteroatoms. The number of benzene rings is 3. The van der Waals surface area contributed by atoms with E-state index in [0.29, 0.717) is 5.92 Å². The van der Waals surface area contributed by atoms with E-state index in [1.165, 1.54) is 10.9 Å². The van der Waals surface area contributed by atoms with Crippen LogP contribution in [0.1, 0.15) is 25.3 Å². The highest BCUT2D eigenvalue weighted by molar-refractivity contribution is 7.17. The predicted octanol–water partition coefficient (Wildman–Crippen LogP) is 7.53. The summed E-state index contributed by atoms with van der Waals surface area (Å²) >= 11 is 1.72. The molecule has 0 aliphatic rings. The summed E-state index contributed by atoms with van der Waals surface area (Å²) in [5, 5.41) is 6.83. The van der Waals surface area contributed by atoms with Gasteiger partial charge in [0.25, 0.3) is 0 Å². The zero-order valence-electron chi connectivity index (χ0n) is 16.1. The monoisotopic (exact) mass is 394 g/mol. The first-order chi connectivity index (χ1) is 14.2. The molecule has 0 unspecified atom stereocenters. The number of nitrogens with zero attached hydrogens (tertiary/aromatic N) is 2. The molecule has 3 nitrogen and oxygen atoms in total. The van der Waals surface area contributed by atoms with Gasteiger partial charge in [-0.15, -0.1) is 11.3 Å². The molecule has 0 saturated carbocycles. The van der Waals surface area contributed by atoms with E-state index in [1.54, 1.807) is 17.7 Å². The lowest BCUT2D eigenvalue weighted by atomic mass is 10.0. The molecule has 0 saturated heterocycles. The van der Waals surface area contributed by atoms with Crippen molar-refractivity contribution in [2.75, 3.05) is 0 Å². The fourth-order valence-corrected chi connectivity index (χ4v) is 5.33. The van der Waals surface area contributed by atoms with Gasteiger partial charge in [0, 0.05) is 21.7 Å². The van der Waals surface area contributed by atoms with Crippen LogP contribution in [0.25, 0.3) is 54.2 Å². The highest BCUT2D eigenvalue weighted by Gasteiger charge is 2.16. The number of thiophene rings is 1. The number of hydrogen-bond donors (Lipinski definition) is 0. The van der Waals surface area contributed by atoms with Gasteiger partial charge in [0.1, 0.15) is 17.5 Å². The lowest BCUT2D eigenvalue weighted by Crippen LogP contribution is -1.90. The minimum absolute atomic E-state index is 0.442. The van der Waals surface area contributed by atoms with Crippen molar-refractivity contribution in [3.63, 3.8) is 0 Å². The molecule has 140 valence electrons. The molecule has 0 radical (unpaired) electrons. The second kappa shape index (κ2) is 6.13. The molecular formula is C25H18N2OS. The first-order valence-corrected chi connectivity index (χ1v) is 10.6. The molecule has 3 aromatic carbocycles. The first-order valence-electron chi connectivity index (χ1n) is 9.77. The summed E-state index contributed by atoms with van der Waals surface area (Å²) in [7, 11) is 0. The maximum Gasteiger partial charge on any atom is 0.143 e. The summed E-state index contributed by atoms with van der Waals surface area (Å²) < 4.78 is 7.48. The predicted molar refractivity (Wildman–Crippen MR) is 122 cm³/mol. The highest BCUT2D eigenvalue weighted by atomic mass is 32.1. The first kappa shape index (κ1) is 16.7. The van der Waals surface area contributed by atoms with E-state index < -0.39 is 0 Å². The summed E-state index contributed by atoms with van der Waals surface area (Å²) in [6.45, 7) is 4.40. The van der Waals surface area contributed by atoms with Crippen molar-refractivity contribution >= 4 is 54.3 Å². The van der Waals surface area contributed by atoms with Gasteiger partial charge >= 0.3 is 0 Å². The SMILES string of the molecule is CC(C)c1csc2c(-c3ccc4c(c3)oc3c5ccccc5ccc43)ncnc12. The number of fused-ring (bicyclic) bond motifs is 6. The van der Waals surface area contributed by atoms with Crippen LogP contribution in [0.5, 0.6) is 0 Å². The van der Waals surface area contributed by atoms with Gasteiger partial charge in [0.2, 0.25) is 0 Å². The van der Waals surface area contributed by atoms with Crippen molar-refractivity contribution in [3.8, 4) is 11.3 Å². The third-order valence-corrected chi connectivity index (χ3v) is 6.63. The van der Waals surface area contributed by atoms with E-state index in [2.05, 4.69) is 83.8 Å². The quantitative estimate of drug-likeness (QED) is 0.304. The van der Waals surface area contributed by atoms with Crippen LogP contribution >= 0.6 is 11.3 Å². The maximum atomic E-state index is 6.34. The Morgan fingerprint density at radius 2 is 1.76 bits per heavy atom. The van der Waals surface area contributed by atoms with Crippen LogP contribution in [0.3, 0.4) is 0 Å². The Bertz CT molecular complexity index is 1540. The second-order valence-electron chi connectivity index (χ2n) is 7.72. The summed E-state index contributed by atoms with van der Waals surface area (Å²) in [6.07, 6.45) is 1.67. The maximum absolute atomic E-state index is 6.34. The lowest BCUT2D eigenvalue weighted by Gasteiger charge is -2.04. The van der Waals surface area contributed by atoms with Gasteiger partial charge in [-0.3, -0.25) is 0 Å². The van der Waals surface area contributed by atoms with E-state index in [1.807, 2.05) is 0 Å². The Balaban J connectivity index is 1.61. The molecule has 6 aromatic rings. The van der Waals surface area contributed by atoms with E-state index in [0.717, 1.165) is 48.8 Å². The van der Waals surface area contributed by atoms with Crippen LogP contribution in [0.15, 0.2) is 70.7 Å². The van der Waals surface area contributed by atoms with Gasteiger partial charge in [-0.1, -0.05) is 50.2 Å². The lowest BCUT2D eigenvalue weighted by molar-refractivity contribution is 0.673. The summed E-state index contributed by atoms with van der Waals surface area (Å²) in [4.78, 5) is 9.17. The molecule has 3 aromatic heterocycles. The van der Waals surface area contributed by atoms with Crippen LogP contribution in [0.4, 0.5) is 0 Å². The summed E-state index contributed by atoms with van der Waals surface area (Å²) in [6, 6.07) is 19.1. The Hall–Kier alpha value is -3.24. The van der Waals surface area contributed by atoms with Crippen molar-refractivity contribution in [1.82, 2.24) is 9.97 Å². The Morgan fingerprint density at radius 3 is 2.66 bits per heavy atom. The molecule has 0 bridgehead atoms. The van der Waals surface area contributed by atoms with E-state index in [-0.39, 0.29) is 0 Å². The van der Waals surface area contributed by atoms with Crippen molar-refractivity contribution < 1.29 is 4.42 Å². The Labute approximate surface area is 171 Å². The fraction of sp³-hybridized carbons (Fsp3) is 0.120. The fourth-order valence-electron chi connectivity index (χ4n) is 4.14. The number of aromatic nitrogens is 2. The van der Waals surface area contributed by atoms with Crippen molar-refractivity contribution in [1.29, 1.82) is 0 Å². The highest BCUT2D eigenvalue weighted by Crippen LogP contribution is 2.39. The van der Waals surface area contributed by atoms with Gasteiger partial charge in [-0.25, -0.2) is 9.97 Å². The Morgan fingerprint density at radius 1 is 0.897 bits per heavy atom. The van der Waals surface area contributed by atoms with Crippen LogP contribution in [0, 0.1) is 0 Å². The molecule has 0 N–H and O–H groups in total. The largest absolute Gasteiger partial charge is 0.455 e. The number of hydrogen-bond acceptors (Lipinski definition) is 4. The van der Waals surface area contributed by atoms with Crippen LogP contribution < -0.4 is 0 Å². The van der Waals surface area contributed by atoms with Crippen molar-refractivity contribution in [2.24, 2.45) is 0 Å². The zero-order chi connectivity index (χ0) is 19.5. The third kappa shape index (κ3) is 2.42. The average molecular weight is 394 g/mol. The standard InChI is InChI=1S/C25H18N2OS/c1-14(2)20-12-29-25-22(26-13-27-23(20)25)16-8-9-18-19-10-7-15-5-3-4-6-17(15)24(19)28-21(18)11-16/h3-14H,1-2H3. The minimum Gasteiger partial charge on any atom is -0.455 e. The molecule has 0 aliphatic carbocycles. The van der Waals surface area contributed by atoms with Crippen LogP contribution in [-0.4, -0.2) is 9.97 Å². The normalized spacial score (nSPS) is 12.1. The van der Waals surface area contributed by atoms with E-state index in [4.69, 9.17) is 4.42 Å². The number of furan rings is 1. The van der Waals surface area contributed by atoms with Gasteiger partial charge in [0.15, 0.2) is 0 Å². The van der Waals surface area contributed by atoms with Gasteiger partial charge in [-0.05, 0) is 40.4 Å². The molecule has 0 spiro atoms. The minimum atomic E-state index is 0.442. The average Bonchev–Trinajstić information content (AvgIpc) is 3.34. The molecule has 0 fully saturated rings. The van der Waals surface area contributed by atoms with Gasteiger partial charge in [-0.2, -0.15) is 0 Å². The molecule has 0 aliphatic heterocycles.